The van der Waals surface area contributed by atoms with Crippen LogP contribution in [0.15, 0.2) is 24.5 Å². The quantitative estimate of drug-likeness (QED) is 0.802. The van der Waals surface area contributed by atoms with Crippen LogP contribution in [-0.2, 0) is 0 Å². The fraction of sp³-hybridized carbons (Fsp3) is 0.615. The van der Waals surface area contributed by atoms with E-state index in [4.69, 9.17) is 0 Å². The first kappa shape index (κ1) is 13.1. The second-order valence-electron chi connectivity index (χ2n) is 4.21. The van der Waals surface area contributed by atoms with Crippen molar-refractivity contribution >= 4 is 0 Å². The van der Waals surface area contributed by atoms with Crippen LogP contribution in [0.1, 0.15) is 38.3 Å². The molecule has 16 heavy (non-hydrogen) atoms. The number of aliphatic hydroxyl groups excluding tert-OH is 1. The summed E-state index contributed by atoms with van der Waals surface area (Å²) in [4.78, 5) is 6.24. The molecule has 0 fully saturated rings. The number of likely N-dealkylation sites (N-methyl/N-ethyl adjacent to an activating group) is 1. The molecule has 0 saturated carbocycles. The highest BCUT2D eigenvalue weighted by Gasteiger charge is 2.16. The number of aromatic nitrogens is 1. The molecule has 0 amide bonds. The Balaban J connectivity index is 2.67. The molecule has 1 rings (SSSR count). The number of aliphatic hydroxyl groups is 1. The third kappa shape index (κ3) is 3.58. The van der Waals surface area contributed by atoms with E-state index in [2.05, 4.69) is 23.9 Å². The van der Waals surface area contributed by atoms with Crippen LogP contribution >= 0.6 is 0 Å². The van der Waals surface area contributed by atoms with Gasteiger partial charge in [0.2, 0.25) is 0 Å². The Hall–Kier alpha value is -0.930. The second kappa shape index (κ2) is 6.61. The Labute approximate surface area is 98.1 Å². The molecular formula is C13H22N2O. The molecule has 0 radical (unpaired) electrons. The maximum absolute atomic E-state index is 9.67. The summed E-state index contributed by atoms with van der Waals surface area (Å²) in [5, 5.41) is 9.67. The van der Waals surface area contributed by atoms with Gasteiger partial charge in [-0.05, 0) is 37.6 Å². The Morgan fingerprint density at radius 2 is 1.88 bits per heavy atom. The summed E-state index contributed by atoms with van der Waals surface area (Å²) in [5.41, 5.74) is 1.27. The van der Waals surface area contributed by atoms with Crippen molar-refractivity contribution in [1.82, 2.24) is 9.88 Å². The van der Waals surface area contributed by atoms with Gasteiger partial charge in [0.1, 0.15) is 0 Å². The number of pyridine rings is 1. The van der Waals surface area contributed by atoms with E-state index in [-0.39, 0.29) is 6.10 Å². The zero-order valence-electron chi connectivity index (χ0n) is 10.4. The molecule has 0 spiro atoms. The lowest BCUT2D eigenvalue weighted by Gasteiger charge is -2.29. The third-order valence-corrected chi connectivity index (χ3v) is 2.98. The zero-order valence-corrected chi connectivity index (χ0v) is 10.4. The average molecular weight is 222 g/mol. The molecule has 0 saturated heterocycles. The molecule has 90 valence electrons. The van der Waals surface area contributed by atoms with Crippen LogP contribution in [0.5, 0.6) is 0 Å². The van der Waals surface area contributed by atoms with E-state index >= 15 is 0 Å². The Kier molecular flexibility index (Phi) is 5.43. The van der Waals surface area contributed by atoms with Crippen molar-refractivity contribution in [2.75, 3.05) is 13.6 Å². The lowest BCUT2D eigenvalue weighted by atomic mass is 10.0. The maximum Gasteiger partial charge on any atom is 0.0664 e. The topological polar surface area (TPSA) is 36.4 Å². The summed E-state index contributed by atoms with van der Waals surface area (Å²) in [6, 6.07) is 4.45. The van der Waals surface area contributed by atoms with E-state index in [9.17, 15) is 5.11 Å². The molecule has 0 aromatic carbocycles. The molecule has 2 unspecified atom stereocenters. The van der Waals surface area contributed by atoms with E-state index in [1.54, 1.807) is 0 Å². The minimum Gasteiger partial charge on any atom is -0.392 e. The fourth-order valence-corrected chi connectivity index (χ4v) is 1.98. The van der Waals surface area contributed by atoms with E-state index < -0.39 is 0 Å². The first-order valence-corrected chi connectivity index (χ1v) is 5.97. The van der Waals surface area contributed by atoms with Crippen molar-refractivity contribution < 1.29 is 5.11 Å². The SMILES string of the molecule is CCC(O)CN(C)C(CC)c1ccncc1. The van der Waals surface area contributed by atoms with Crippen molar-refractivity contribution in [3.8, 4) is 0 Å². The van der Waals surface area contributed by atoms with Gasteiger partial charge < -0.3 is 5.11 Å². The number of rotatable bonds is 6. The molecular weight excluding hydrogens is 200 g/mol. The van der Waals surface area contributed by atoms with E-state index in [1.807, 2.05) is 31.5 Å². The summed E-state index contributed by atoms with van der Waals surface area (Å²) in [6.45, 7) is 4.89. The molecule has 3 heteroatoms. The molecule has 0 aliphatic carbocycles. The minimum atomic E-state index is -0.235. The van der Waals surface area contributed by atoms with Gasteiger partial charge in [-0.25, -0.2) is 0 Å². The average Bonchev–Trinajstić information content (AvgIpc) is 2.31. The Morgan fingerprint density at radius 3 is 2.38 bits per heavy atom. The molecule has 1 aromatic heterocycles. The first-order chi connectivity index (χ1) is 7.69. The Morgan fingerprint density at radius 1 is 1.25 bits per heavy atom. The molecule has 0 aliphatic heterocycles. The van der Waals surface area contributed by atoms with Crippen molar-refractivity contribution in [2.24, 2.45) is 0 Å². The van der Waals surface area contributed by atoms with Crippen LogP contribution in [0.2, 0.25) is 0 Å². The van der Waals surface area contributed by atoms with E-state index in [0.717, 1.165) is 19.4 Å². The highest BCUT2D eigenvalue weighted by molar-refractivity contribution is 5.14. The lowest BCUT2D eigenvalue weighted by molar-refractivity contribution is 0.0994. The van der Waals surface area contributed by atoms with Crippen molar-refractivity contribution in [3.63, 3.8) is 0 Å². The van der Waals surface area contributed by atoms with Crippen LogP contribution in [0, 0.1) is 0 Å². The second-order valence-corrected chi connectivity index (χ2v) is 4.21. The highest BCUT2D eigenvalue weighted by Crippen LogP contribution is 2.22. The van der Waals surface area contributed by atoms with Crippen molar-refractivity contribution in [2.45, 2.75) is 38.8 Å². The van der Waals surface area contributed by atoms with Gasteiger partial charge >= 0.3 is 0 Å². The smallest absolute Gasteiger partial charge is 0.0664 e. The summed E-state index contributed by atoms with van der Waals surface area (Å²) in [5.74, 6) is 0. The van der Waals surface area contributed by atoms with Crippen LogP contribution in [0.25, 0.3) is 0 Å². The third-order valence-electron chi connectivity index (χ3n) is 2.98. The van der Waals surface area contributed by atoms with Gasteiger partial charge in [0.25, 0.3) is 0 Å². The van der Waals surface area contributed by atoms with Gasteiger partial charge in [-0.3, -0.25) is 9.88 Å². The minimum absolute atomic E-state index is 0.235. The van der Waals surface area contributed by atoms with E-state index in [1.165, 1.54) is 5.56 Å². The number of hydrogen-bond acceptors (Lipinski definition) is 3. The number of nitrogens with zero attached hydrogens (tertiary/aromatic N) is 2. The number of hydrogen-bond donors (Lipinski definition) is 1. The molecule has 0 bridgehead atoms. The van der Waals surface area contributed by atoms with Crippen LogP contribution in [0.4, 0.5) is 0 Å². The maximum atomic E-state index is 9.67. The highest BCUT2D eigenvalue weighted by atomic mass is 16.3. The summed E-state index contributed by atoms with van der Waals surface area (Å²) < 4.78 is 0. The molecule has 0 aliphatic rings. The molecule has 2 atom stereocenters. The largest absolute Gasteiger partial charge is 0.392 e. The monoisotopic (exact) mass is 222 g/mol. The van der Waals surface area contributed by atoms with Gasteiger partial charge in [-0.2, -0.15) is 0 Å². The molecule has 1 heterocycles. The molecule has 3 nitrogen and oxygen atoms in total. The summed E-state index contributed by atoms with van der Waals surface area (Å²) >= 11 is 0. The predicted molar refractivity (Wildman–Crippen MR) is 66.2 cm³/mol. The lowest BCUT2D eigenvalue weighted by Crippen LogP contribution is -2.32. The van der Waals surface area contributed by atoms with Crippen LogP contribution in [-0.4, -0.2) is 34.7 Å². The predicted octanol–water partition coefficient (Wildman–Crippen LogP) is 2.24. The fourth-order valence-electron chi connectivity index (χ4n) is 1.98. The van der Waals surface area contributed by atoms with Crippen LogP contribution in [0.3, 0.4) is 0 Å². The van der Waals surface area contributed by atoms with Gasteiger partial charge in [0.15, 0.2) is 0 Å². The normalized spacial score (nSPS) is 15.1. The van der Waals surface area contributed by atoms with Crippen LogP contribution < -0.4 is 0 Å². The Bertz CT molecular complexity index is 289. The van der Waals surface area contributed by atoms with Gasteiger partial charge in [-0.15, -0.1) is 0 Å². The van der Waals surface area contributed by atoms with Crippen molar-refractivity contribution in [1.29, 1.82) is 0 Å². The summed E-state index contributed by atoms with van der Waals surface area (Å²) in [6.07, 6.45) is 5.25. The van der Waals surface area contributed by atoms with Crippen molar-refractivity contribution in [3.05, 3.63) is 30.1 Å². The van der Waals surface area contributed by atoms with Gasteiger partial charge in [0.05, 0.1) is 6.10 Å². The molecule has 1 aromatic rings. The van der Waals surface area contributed by atoms with E-state index in [0.29, 0.717) is 6.04 Å². The van der Waals surface area contributed by atoms with Gasteiger partial charge in [0, 0.05) is 25.0 Å². The zero-order chi connectivity index (χ0) is 12.0. The summed E-state index contributed by atoms with van der Waals surface area (Å²) in [7, 11) is 2.06. The van der Waals surface area contributed by atoms with Gasteiger partial charge in [-0.1, -0.05) is 13.8 Å². The standard InChI is InChI=1S/C13H22N2O/c1-4-12(16)10-15(3)13(5-2)11-6-8-14-9-7-11/h6-9,12-13,16H,4-5,10H2,1-3H3. The molecule has 1 N–H and O–H groups in total. The first-order valence-electron chi connectivity index (χ1n) is 5.97.